The fourth-order valence-electron chi connectivity index (χ4n) is 2.79. The molecule has 1 saturated heterocycles. The van der Waals surface area contributed by atoms with Crippen molar-refractivity contribution in [2.24, 2.45) is 0 Å². The molecule has 0 atom stereocenters. The van der Waals surface area contributed by atoms with Crippen LogP contribution in [0.2, 0.25) is 0 Å². The Bertz CT molecular complexity index is 1010. The highest BCUT2D eigenvalue weighted by Crippen LogP contribution is 2.27. The molecule has 0 saturated carbocycles. The smallest absolute Gasteiger partial charge is 0.411 e. The van der Waals surface area contributed by atoms with Crippen molar-refractivity contribution in [3.05, 3.63) is 46.3 Å². The highest BCUT2D eigenvalue weighted by atomic mass is 32.2. The molecule has 27 heavy (non-hydrogen) atoms. The van der Waals surface area contributed by atoms with Crippen LogP contribution in [0.15, 0.2) is 27.5 Å². The Morgan fingerprint density at radius 1 is 1.22 bits per heavy atom. The number of anilines is 1. The molecular weight excluding hydrogens is 384 g/mol. The highest BCUT2D eigenvalue weighted by molar-refractivity contribution is 7.91. The maximum atomic E-state index is 14.5. The van der Waals surface area contributed by atoms with Gasteiger partial charge in [0, 0.05) is 32.1 Å². The predicted molar refractivity (Wildman–Crippen MR) is 92.6 cm³/mol. The van der Waals surface area contributed by atoms with Crippen molar-refractivity contribution in [1.29, 1.82) is 0 Å². The lowest BCUT2D eigenvalue weighted by Crippen LogP contribution is -2.41. The number of nitrogens with one attached hydrogen (secondary N) is 1. The molecule has 1 aliphatic rings. The van der Waals surface area contributed by atoms with Gasteiger partial charge >= 0.3 is 5.76 Å². The van der Waals surface area contributed by atoms with Gasteiger partial charge in [-0.25, -0.2) is 26.6 Å². The quantitative estimate of drug-likeness (QED) is 0.804. The van der Waals surface area contributed by atoms with Crippen molar-refractivity contribution in [2.75, 3.05) is 29.5 Å². The normalized spacial score (nSPS) is 16.3. The van der Waals surface area contributed by atoms with Crippen molar-refractivity contribution >= 4 is 21.4 Å². The lowest BCUT2D eigenvalue weighted by Gasteiger charge is -2.29. The summed E-state index contributed by atoms with van der Waals surface area (Å²) in [5, 5.41) is 2.45. The molecule has 0 unspecified atom stereocenters. The largest absolute Gasteiger partial charge is 0.423 e. The van der Waals surface area contributed by atoms with Gasteiger partial charge in [-0.2, -0.15) is 0 Å². The van der Waals surface area contributed by atoms with Crippen LogP contribution in [0.1, 0.15) is 12.7 Å². The van der Waals surface area contributed by atoms with Gasteiger partial charge in [0.2, 0.25) is 5.91 Å². The molecule has 1 fully saturated rings. The van der Waals surface area contributed by atoms with Crippen LogP contribution in [0.3, 0.4) is 0 Å². The van der Waals surface area contributed by atoms with Crippen molar-refractivity contribution in [3.63, 3.8) is 0 Å². The van der Waals surface area contributed by atoms with Crippen LogP contribution in [0.5, 0.6) is 0 Å². The van der Waals surface area contributed by atoms with Crippen LogP contribution < -0.4 is 16.0 Å². The van der Waals surface area contributed by atoms with Gasteiger partial charge in [-0.05, 0) is 0 Å². The highest BCUT2D eigenvalue weighted by Gasteiger charge is 2.26. The number of sulfone groups is 1. The molecule has 2 aromatic rings. The summed E-state index contributed by atoms with van der Waals surface area (Å²) in [5.41, 5.74) is -0.412. The van der Waals surface area contributed by atoms with E-state index < -0.39 is 27.2 Å². The maximum absolute atomic E-state index is 14.5. The van der Waals surface area contributed by atoms with Crippen LogP contribution in [0, 0.1) is 11.6 Å². The van der Waals surface area contributed by atoms with Gasteiger partial charge in [-0.1, -0.05) is 0 Å². The number of aromatic nitrogens is 1. The number of amides is 1. The average Bonchev–Trinajstić information content (AvgIpc) is 2.94. The summed E-state index contributed by atoms with van der Waals surface area (Å²) in [6, 6.07) is 1.95. The number of hydrogen-bond donors (Lipinski definition) is 1. The summed E-state index contributed by atoms with van der Waals surface area (Å²) in [4.78, 5) is 24.2. The number of carbonyl (C=O) groups is 1. The van der Waals surface area contributed by atoms with Gasteiger partial charge in [0.15, 0.2) is 21.5 Å². The molecule has 1 N–H and O–H groups in total. The Labute approximate surface area is 153 Å². The van der Waals surface area contributed by atoms with E-state index in [0.29, 0.717) is 0 Å². The first-order valence-corrected chi connectivity index (χ1v) is 9.89. The molecule has 0 radical (unpaired) electrons. The Kier molecular flexibility index (Phi) is 5.05. The minimum Gasteiger partial charge on any atom is -0.411 e. The molecule has 1 aromatic carbocycles. The van der Waals surface area contributed by atoms with E-state index in [1.807, 2.05) is 0 Å². The molecule has 3 rings (SSSR count). The molecule has 0 bridgehead atoms. The van der Waals surface area contributed by atoms with E-state index in [1.165, 1.54) is 18.0 Å². The van der Waals surface area contributed by atoms with Gasteiger partial charge in [-0.15, -0.1) is 0 Å². The van der Waals surface area contributed by atoms with Gasteiger partial charge in [0.05, 0.1) is 29.9 Å². The lowest BCUT2D eigenvalue weighted by atomic mass is 10.2. The number of halogens is 2. The molecule has 0 aliphatic carbocycles. The minimum absolute atomic E-state index is 0.0119. The van der Waals surface area contributed by atoms with Crippen molar-refractivity contribution in [3.8, 4) is 5.69 Å². The fraction of sp³-hybridized carbons (Fsp3) is 0.375. The first kappa shape index (κ1) is 19.1. The zero-order chi connectivity index (χ0) is 19.8. The molecule has 11 heteroatoms. The standard InChI is InChI=1S/C16H17F2N3O5S/c1-10(22)19-8-12-9-21(16(23)26-12)11-6-13(17)15(14(18)7-11)20-2-4-27(24,25)5-3-20/h6-7,9H,2-5,8H2,1H3,(H,19,22). The van der Waals surface area contributed by atoms with Gasteiger partial charge < -0.3 is 14.6 Å². The summed E-state index contributed by atoms with van der Waals surface area (Å²) in [7, 11) is -3.19. The molecular formula is C16H17F2N3O5S. The first-order valence-electron chi connectivity index (χ1n) is 8.07. The Morgan fingerprint density at radius 2 is 1.81 bits per heavy atom. The SMILES string of the molecule is CC(=O)NCc1cn(-c2cc(F)c(N3CCS(=O)(=O)CC3)c(F)c2)c(=O)o1. The fourth-order valence-corrected chi connectivity index (χ4v) is 3.99. The number of carbonyl (C=O) groups excluding carboxylic acids is 1. The molecule has 146 valence electrons. The van der Waals surface area contributed by atoms with E-state index in [-0.39, 0.29) is 54.2 Å². The number of benzene rings is 1. The molecule has 2 heterocycles. The molecule has 8 nitrogen and oxygen atoms in total. The van der Waals surface area contributed by atoms with Gasteiger partial charge in [0.1, 0.15) is 11.4 Å². The third-order valence-electron chi connectivity index (χ3n) is 4.14. The maximum Gasteiger partial charge on any atom is 0.423 e. The zero-order valence-corrected chi connectivity index (χ0v) is 15.2. The zero-order valence-electron chi connectivity index (χ0n) is 14.4. The monoisotopic (exact) mass is 401 g/mol. The summed E-state index contributed by atoms with van der Waals surface area (Å²) in [5.74, 6) is -3.24. The van der Waals surface area contributed by atoms with E-state index in [9.17, 15) is 26.8 Å². The van der Waals surface area contributed by atoms with Crippen LogP contribution in [0.4, 0.5) is 14.5 Å². The van der Waals surface area contributed by atoms with Crippen molar-refractivity contribution in [1.82, 2.24) is 9.88 Å². The third-order valence-corrected chi connectivity index (χ3v) is 5.75. The second-order valence-electron chi connectivity index (χ2n) is 6.14. The third kappa shape index (κ3) is 4.18. The van der Waals surface area contributed by atoms with Crippen LogP contribution in [-0.2, 0) is 21.2 Å². The van der Waals surface area contributed by atoms with Crippen LogP contribution >= 0.6 is 0 Å². The number of hydrogen-bond acceptors (Lipinski definition) is 6. The van der Waals surface area contributed by atoms with Crippen molar-refractivity contribution < 1.29 is 26.4 Å². The summed E-state index contributed by atoms with van der Waals surface area (Å²) in [6.45, 7) is 1.23. The van der Waals surface area contributed by atoms with E-state index in [2.05, 4.69) is 5.32 Å². The van der Waals surface area contributed by atoms with E-state index >= 15 is 0 Å². The van der Waals surface area contributed by atoms with E-state index in [1.54, 1.807) is 0 Å². The van der Waals surface area contributed by atoms with E-state index in [0.717, 1.165) is 16.7 Å². The first-order chi connectivity index (χ1) is 12.7. The molecule has 1 aliphatic heterocycles. The van der Waals surface area contributed by atoms with Crippen LogP contribution in [-0.4, -0.2) is 43.5 Å². The molecule has 1 aromatic heterocycles. The number of oxazole rings is 1. The average molecular weight is 401 g/mol. The number of rotatable bonds is 4. The number of nitrogens with zero attached hydrogens (tertiary/aromatic N) is 2. The predicted octanol–water partition coefficient (Wildman–Crippen LogP) is 0.580. The molecule has 1 amide bonds. The summed E-state index contributed by atoms with van der Waals surface area (Å²) >= 11 is 0. The van der Waals surface area contributed by atoms with E-state index in [4.69, 9.17) is 4.42 Å². The van der Waals surface area contributed by atoms with Gasteiger partial charge in [0.25, 0.3) is 0 Å². The Balaban J connectivity index is 1.89. The minimum atomic E-state index is -3.19. The summed E-state index contributed by atoms with van der Waals surface area (Å²) in [6.07, 6.45) is 1.24. The van der Waals surface area contributed by atoms with Crippen LogP contribution in [0.25, 0.3) is 5.69 Å². The Morgan fingerprint density at radius 3 is 2.37 bits per heavy atom. The molecule has 0 spiro atoms. The second kappa shape index (κ2) is 7.14. The lowest BCUT2D eigenvalue weighted by molar-refractivity contribution is -0.119. The topological polar surface area (TPSA) is 102 Å². The summed E-state index contributed by atoms with van der Waals surface area (Å²) < 4.78 is 57.9. The Hall–Kier alpha value is -2.69. The van der Waals surface area contributed by atoms with Crippen molar-refractivity contribution in [2.45, 2.75) is 13.5 Å². The van der Waals surface area contributed by atoms with Gasteiger partial charge in [-0.3, -0.25) is 4.79 Å². The second-order valence-corrected chi connectivity index (χ2v) is 8.44.